The predicted octanol–water partition coefficient (Wildman–Crippen LogP) is 1.00. The van der Waals surface area contributed by atoms with E-state index in [0.717, 1.165) is 5.92 Å². The molecule has 0 aromatic carbocycles. The van der Waals surface area contributed by atoms with Crippen LogP contribution in [0.25, 0.3) is 0 Å². The zero-order chi connectivity index (χ0) is 5.49. The second-order valence-electron chi connectivity index (χ2n) is 2.77. The van der Waals surface area contributed by atoms with Crippen LogP contribution in [0.2, 0.25) is 0 Å². The third kappa shape index (κ3) is 0.653. The van der Waals surface area contributed by atoms with Crippen molar-refractivity contribution in [3.8, 4) is 0 Å². The molecule has 1 N–H and O–H groups in total. The Balaban J connectivity index is 2.36. The van der Waals surface area contributed by atoms with Gasteiger partial charge in [0.2, 0.25) is 0 Å². The lowest BCUT2D eigenvalue weighted by molar-refractivity contribution is 0.560. The van der Waals surface area contributed by atoms with Crippen LogP contribution in [0.3, 0.4) is 0 Å². The second kappa shape index (κ2) is 1.22. The molecule has 1 unspecified atom stereocenters. The lowest BCUT2D eigenvalue weighted by Crippen LogP contribution is -2.24. The average molecular weight is 99.2 g/mol. The van der Waals surface area contributed by atoms with Crippen molar-refractivity contribution in [2.45, 2.75) is 25.8 Å². The molecule has 1 fully saturated rings. The quantitative estimate of drug-likeness (QED) is 0.517. The minimum Gasteiger partial charge on any atom is -0.314 e. The fourth-order valence-corrected chi connectivity index (χ4v) is 0.926. The SMILES string of the molecule is CNC1(C)C[C@H]1C. The number of hydrogen-bond acceptors (Lipinski definition) is 1. The molecule has 0 aliphatic heterocycles. The molecule has 1 heteroatoms. The topological polar surface area (TPSA) is 12.0 Å². The molecular formula is C6H13N. The van der Waals surface area contributed by atoms with E-state index in [1.54, 1.807) is 0 Å². The minimum atomic E-state index is 0.500. The number of nitrogens with one attached hydrogen (secondary N) is 1. The third-order valence-corrected chi connectivity index (χ3v) is 2.23. The molecule has 1 nitrogen and oxygen atoms in total. The summed E-state index contributed by atoms with van der Waals surface area (Å²) in [6, 6.07) is 0. The first-order valence-corrected chi connectivity index (χ1v) is 2.88. The van der Waals surface area contributed by atoms with E-state index in [0.29, 0.717) is 5.54 Å². The molecule has 0 aromatic heterocycles. The largest absolute Gasteiger partial charge is 0.314 e. The first kappa shape index (κ1) is 5.10. The molecule has 1 aliphatic carbocycles. The van der Waals surface area contributed by atoms with E-state index in [-0.39, 0.29) is 0 Å². The third-order valence-electron chi connectivity index (χ3n) is 2.23. The average Bonchev–Trinajstić information content (AvgIpc) is 2.18. The van der Waals surface area contributed by atoms with Gasteiger partial charge in [0.25, 0.3) is 0 Å². The molecule has 0 spiro atoms. The van der Waals surface area contributed by atoms with Crippen LogP contribution < -0.4 is 5.32 Å². The van der Waals surface area contributed by atoms with Crippen LogP contribution in [-0.4, -0.2) is 12.6 Å². The Labute approximate surface area is 45.1 Å². The fraction of sp³-hybridized carbons (Fsp3) is 1.00. The predicted molar refractivity (Wildman–Crippen MR) is 31.2 cm³/mol. The Kier molecular flexibility index (Phi) is 0.890. The van der Waals surface area contributed by atoms with Crippen LogP contribution >= 0.6 is 0 Å². The van der Waals surface area contributed by atoms with Crippen LogP contribution in [0.5, 0.6) is 0 Å². The highest BCUT2D eigenvalue weighted by atomic mass is 15.0. The maximum absolute atomic E-state index is 3.27. The van der Waals surface area contributed by atoms with Crippen molar-refractivity contribution in [2.75, 3.05) is 7.05 Å². The highest BCUT2D eigenvalue weighted by molar-refractivity contribution is 5.03. The van der Waals surface area contributed by atoms with Gasteiger partial charge in [-0.25, -0.2) is 0 Å². The normalized spacial score (nSPS) is 49.3. The summed E-state index contributed by atoms with van der Waals surface area (Å²) in [7, 11) is 2.03. The maximum Gasteiger partial charge on any atom is 0.0179 e. The maximum atomic E-state index is 3.27. The summed E-state index contributed by atoms with van der Waals surface area (Å²) in [6.07, 6.45) is 1.35. The number of rotatable bonds is 1. The van der Waals surface area contributed by atoms with Crippen LogP contribution in [-0.2, 0) is 0 Å². The van der Waals surface area contributed by atoms with Gasteiger partial charge in [-0.1, -0.05) is 6.92 Å². The van der Waals surface area contributed by atoms with Crippen LogP contribution in [0, 0.1) is 5.92 Å². The first-order chi connectivity index (χ1) is 3.19. The van der Waals surface area contributed by atoms with Crippen LogP contribution in [0.15, 0.2) is 0 Å². The molecule has 0 aromatic rings. The Morgan fingerprint density at radius 3 is 2.14 bits per heavy atom. The van der Waals surface area contributed by atoms with Crippen LogP contribution in [0.1, 0.15) is 20.3 Å². The summed E-state index contributed by atoms with van der Waals surface area (Å²) >= 11 is 0. The Bertz CT molecular complexity index is 76.2. The standard InChI is InChI=1S/C6H13N/c1-5-4-6(5,2)7-3/h5,7H,4H2,1-3H3/t5-,6?/m1/s1. The Hall–Kier alpha value is -0.0400. The molecule has 0 bridgehead atoms. The molecule has 0 radical (unpaired) electrons. The Morgan fingerprint density at radius 1 is 1.71 bits per heavy atom. The van der Waals surface area contributed by atoms with E-state index in [4.69, 9.17) is 0 Å². The van der Waals surface area contributed by atoms with Gasteiger partial charge >= 0.3 is 0 Å². The summed E-state index contributed by atoms with van der Waals surface area (Å²) < 4.78 is 0. The highest BCUT2D eigenvalue weighted by Crippen LogP contribution is 2.41. The summed E-state index contributed by atoms with van der Waals surface area (Å²) in [6.45, 7) is 4.54. The van der Waals surface area contributed by atoms with Crippen molar-refractivity contribution in [1.29, 1.82) is 0 Å². The van der Waals surface area contributed by atoms with Crippen molar-refractivity contribution < 1.29 is 0 Å². The van der Waals surface area contributed by atoms with E-state index in [2.05, 4.69) is 19.2 Å². The molecule has 1 rings (SSSR count). The van der Waals surface area contributed by atoms with E-state index in [1.807, 2.05) is 7.05 Å². The lowest BCUT2D eigenvalue weighted by atomic mass is 10.3. The molecule has 2 atom stereocenters. The molecule has 42 valence electrons. The van der Waals surface area contributed by atoms with Gasteiger partial charge in [-0.2, -0.15) is 0 Å². The monoisotopic (exact) mass is 99.1 g/mol. The molecule has 0 heterocycles. The van der Waals surface area contributed by atoms with Gasteiger partial charge in [-0.3, -0.25) is 0 Å². The van der Waals surface area contributed by atoms with Gasteiger partial charge < -0.3 is 5.32 Å². The van der Waals surface area contributed by atoms with Gasteiger partial charge in [0, 0.05) is 5.54 Å². The lowest BCUT2D eigenvalue weighted by Gasteiger charge is -2.04. The van der Waals surface area contributed by atoms with Gasteiger partial charge in [-0.15, -0.1) is 0 Å². The minimum absolute atomic E-state index is 0.500. The van der Waals surface area contributed by atoms with Gasteiger partial charge in [-0.05, 0) is 26.3 Å². The first-order valence-electron chi connectivity index (χ1n) is 2.88. The second-order valence-corrected chi connectivity index (χ2v) is 2.77. The Morgan fingerprint density at radius 2 is 2.14 bits per heavy atom. The van der Waals surface area contributed by atoms with Crippen molar-refractivity contribution >= 4 is 0 Å². The van der Waals surface area contributed by atoms with Gasteiger partial charge in [0.05, 0.1) is 0 Å². The van der Waals surface area contributed by atoms with E-state index >= 15 is 0 Å². The smallest absolute Gasteiger partial charge is 0.0179 e. The molecule has 0 amide bonds. The van der Waals surface area contributed by atoms with E-state index in [9.17, 15) is 0 Å². The van der Waals surface area contributed by atoms with Crippen molar-refractivity contribution in [3.05, 3.63) is 0 Å². The summed E-state index contributed by atoms with van der Waals surface area (Å²) in [5.74, 6) is 0.900. The molecular weight excluding hydrogens is 86.1 g/mol. The highest BCUT2D eigenvalue weighted by Gasteiger charge is 2.44. The van der Waals surface area contributed by atoms with Gasteiger partial charge in [0.1, 0.15) is 0 Å². The summed E-state index contributed by atoms with van der Waals surface area (Å²) in [5.41, 5.74) is 0.500. The van der Waals surface area contributed by atoms with Gasteiger partial charge in [0.15, 0.2) is 0 Å². The van der Waals surface area contributed by atoms with Crippen molar-refractivity contribution in [1.82, 2.24) is 5.32 Å². The van der Waals surface area contributed by atoms with E-state index in [1.165, 1.54) is 6.42 Å². The van der Waals surface area contributed by atoms with Crippen LogP contribution in [0.4, 0.5) is 0 Å². The number of hydrogen-bond donors (Lipinski definition) is 1. The molecule has 1 saturated carbocycles. The van der Waals surface area contributed by atoms with Crippen molar-refractivity contribution in [2.24, 2.45) is 5.92 Å². The molecule has 1 aliphatic rings. The zero-order valence-corrected chi connectivity index (χ0v) is 5.28. The molecule has 7 heavy (non-hydrogen) atoms. The molecule has 0 saturated heterocycles. The fourth-order valence-electron chi connectivity index (χ4n) is 0.926. The zero-order valence-electron chi connectivity index (χ0n) is 5.28. The van der Waals surface area contributed by atoms with Crippen molar-refractivity contribution in [3.63, 3.8) is 0 Å². The summed E-state index contributed by atoms with van der Waals surface area (Å²) in [4.78, 5) is 0. The van der Waals surface area contributed by atoms with E-state index < -0.39 is 0 Å². The summed E-state index contributed by atoms with van der Waals surface area (Å²) in [5, 5.41) is 3.27.